The lowest BCUT2D eigenvalue weighted by Crippen LogP contribution is -2.45. The minimum atomic E-state index is -1.17. The first-order chi connectivity index (χ1) is 28.3. The molecule has 14 heteroatoms. The number of hydrogen-bond donors (Lipinski definition) is 0. The third kappa shape index (κ3) is 9.10. The zero-order valence-corrected chi connectivity index (χ0v) is 35.0. The lowest BCUT2D eigenvalue weighted by molar-refractivity contribution is -0.191. The fourth-order valence-electron chi connectivity index (χ4n) is 8.58. The van der Waals surface area contributed by atoms with Gasteiger partial charge in [-0.15, -0.1) is 0 Å². The van der Waals surface area contributed by atoms with Crippen molar-refractivity contribution in [2.75, 3.05) is 44.3 Å². The Balaban J connectivity index is 0.956. The molecule has 2 aromatic heterocycles. The van der Waals surface area contributed by atoms with E-state index in [1.807, 2.05) is 25.1 Å². The number of nitrogens with zero attached hydrogens (tertiary/aromatic N) is 8. The third-order valence-electron chi connectivity index (χ3n) is 12.0. The molecule has 4 heterocycles. The van der Waals surface area contributed by atoms with E-state index in [-0.39, 0.29) is 24.4 Å². The third-order valence-corrected chi connectivity index (χ3v) is 12.6. The van der Waals surface area contributed by atoms with Gasteiger partial charge in [-0.3, -0.25) is 0 Å². The minimum absolute atomic E-state index is 0.0620. The molecule has 3 unspecified atom stereocenters. The van der Waals surface area contributed by atoms with Crippen molar-refractivity contribution in [2.45, 2.75) is 96.1 Å². The van der Waals surface area contributed by atoms with Gasteiger partial charge in [0.15, 0.2) is 0 Å². The molecule has 2 saturated heterocycles. The summed E-state index contributed by atoms with van der Waals surface area (Å²) in [5.41, 5.74) is 5.21. The minimum Gasteiger partial charge on any atom is -0.491 e. The molecule has 1 saturated carbocycles. The Morgan fingerprint density at radius 2 is 1.71 bits per heavy atom. The Bertz CT molecular complexity index is 2160. The predicted molar refractivity (Wildman–Crippen MR) is 226 cm³/mol. The standard InChI is InChI=1S/C44H54Cl2N8O4/c1-3-32(2)54-43(55)53(31-49-54)37-14-12-36(13-15-37)50-19-21-51(22-20-50)38-16-18-42(34-10-8-6-4-5-7-9-33(23-34)24-38)56-26-39-27-57-44(58-39,28-52-30-47-29-48-52)40-17-11-35(45)25-41(40)46/h11-18,24-25,29-33,39H,3-10,19-23,26-28H2,1-2H3/b18-16-,38-24-,42-34-/t32?,33?,39?,44-/m1/s1. The summed E-state index contributed by atoms with van der Waals surface area (Å²) in [4.78, 5) is 22.1. The van der Waals surface area contributed by atoms with Crippen LogP contribution in [0.2, 0.25) is 10.0 Å². The van der Waals surface area contributed by atoms with E-state index in [9.17, 15) is 4.79 Å². The van der Waals surface area contributed by atoms with Gasteiger partial charge in [0, 0.05) is 48.1 Å². The SMILES string of the molecule is CCC(C)n1ncn(-c2ccc(N3CCN(C4=C\C5CCCCCCC\C(=C(OCC6CO[C@@](Cn7cncn7)(c7ccc(Cl)cc7Cl)O6)/C=C\4)C5)CC3)cc2)c1=O. The molecule has 0 radical (unpaired) electrons. The Hall–Kier alpha value is -4.36. The van der Waals surface area contributed by atoms with E-state index in [4.69, 9.17) is 37.4 Å². The van der Waals surface area contributed by atoms with Crippen LogP contribution in [0.25, 0.3) is 5.69 Å². The van der Waals surface area contributed by atoms with Gasteiger partial charge in [0.25, 0.3) is 0 Å². The van der Waals surface area contributed by atoms with Crippen LogP contribution in [0.3, 0.4) is 0 Å². The molecule has 4 atom stereocenters. The molecule has 4 aliphatic rings. The molecule has 2 bridgehead atoms. The van der Waals surface area contributed by atoms with E-state index in [0.29, 0.717) is 34.7 Å². The molecule has 12 nitrogen and oxygen atoms in total. The monoisotopic (exact) mass is 828 g/mol. The molecule has 58 heavy (non-hydrogen) atoms. The van der Waals surface area contributed by atoms with E-state index in [2.05, 4.69) is 62.3 Å². The highest BCUT2D eigenvalue weighted by Crippen LogP contribution is 2.41. The molecule has 0 spiro atoms. The zero-order valence-electron chi connectivity index (χ0n) is 33.5. The first-order valence-corrected chi connectivity index (χ1v) is 21.6. The molecule has 4 aromatic rings. The van der Waals surface area contributed by atoms with Crippen LogP contribution in [-0.4, -0.2) is 79.5 Å². The van der Waals surface area contributed by atoms with Crippen molar-refractivity contribution in [3.05, 3.63) is 123 Å². The van der Waals surface area contributed by atoms with Crippen molar-refractivity contribution in [1.82, 2.24) is 34.0 Å². The summed E-state index contributed by atoms with van der Waals surface area (Å²) >= 11 is 13.0. The molecule has 0 amide bonds. The maximum absolute atomic E-state index is 13.0. The van der Waals surface area contributed by atoms with E-state index in [0.717, 1.165) is 62.6 Å². The molecule has 0 N–H and O–H groups in total. The van der Waals surface area contributed by atoms with Crippen LogP contribution in [0.5, 0.6) is 0 Å². The van der Waals surface area contributed by atoms with E-state index < -0.39 is 5.79 Å². The quantitative estimate of drug-likeness (QED) is 0.147. The molecular formula is C44H54Cl2N8O4. The van der Waals surface area contributed by atoms with Crippen molar-refractivity contribution in [3.8, 4) is 5.69 Å². The largest absolute Gasteiger partial charge is 0.491 e. The molecule has 3 fully saturated rings. The van der Waals surface area contributed by atoms with Crippen molar-refractivity contribution in [3.63, 3.8) is 0 Å². The lowest BCUT2D eigenvalue weighted by atomic mass is 9.86. The fourth-order valence-corrected chi connectivity index (χ4v) is 9.13. The van der Waals surface area contributed by atoms with Crippen LogP contribution in [0, 0.1) is 5.92 Å². The number of ether oxygens (including phenoxy) is 3. The molecular weight excluding hydrogens is 775 g/mol. The molecule has 2 aromatic carbocycles. The van der Waals surface area contributed by atoms with Gasteiger partial charge in [-0.05, 0) is 99.1 Å². The molecule has 308 valence electrons. The second kappa shape index (κ2) is 18.3. The normalized spacial score (nSPS) is 26.4. The number of halogens is 2. The summed E-state index contributed by atoms with van der Waals surface area (Å²) in [6.07, 6.45) is 21.7. The van der Waals surface area contributed by atoms with Crippen LogP contribution in [-0.2, 0) is 26.5 Å². The van der Waals surface area contributed by atoms with Crippen LogP contribution in [0.1, 0.15) is 83.2 Å². The Labute approximate surface area is 350 Å². The number of fused-ring (bicyclic) bond motifs is 2. The number of rotatable bonds is 11. The van der Waals surface area contributed by atoms with Crippen molar-refractivity contribution in [1.29, 1.82) is 0 Å². The Morgan fingerprint density at radius 3 is 2.48 bits per heavy atom. The highest BCUT2D eigenvalue weighted by molar-refractivity contribution is 6.35. The summed E-state index contributed by atoms with van der Waals surface area (Å²) in [5, 5.41) is 9.67. The number of benzene rings is 2. The van der Waals surface area contributed by atoms with Crippen LogP contribution < -0.4 is 10.6 Å². The molecule has 2 aliphatic heterocycles. The van der Waals surface area contributed by atoms with E-state index in [1.54, 1.807) is 38.7 Å². The average Bonchev–Trinajstić information content (AvgIpc) is 4.00. The summed E-state index contributed by atoms with van der Waals surface area (Å²) < 4.78 is 24.8. The summed E-state index contributed by atoms with van der Waals surface area (Å²) in [6, 6.07) is 13.7. The second-order valence-electron chi connectivity index (χ2n) is 16.0. The van der Waals surface area contributed by atoms with Gasteiger partial charge in [-0.25, -0.2) is 23.7 Å². The van der Waals surface area contributed by atoms with Gasteiger partial charge in [0.05, 0.1) is 23.4 Å². The van der Waals surface area contributed by atoms with E-state index in [1.165, 1.54) is 56.1 Å². The molecule has 8 rings (SSSR count). The maximum atomic E-state index is 13.0. The van der Waals surface area contributed by atoms with E-state index >= 15 is 0 Å². The summed E-state index contributed by atoms with van der Waals surface area (Å²) in [7, 11) is 0. The van der Waals surface area contributed by atoms with Gasteiger partial charge in [-0.2, -0.15) is 10.2 Å². The van der Waals surface area contributed by atoms with Crippen LogP contribution in [0.15, 0.2) is 101 Å². The van der Waals surface area contributed by atoms with Crippen molar-refractivity contribution < 1.29 is 14.2 Å². The molecule has 2 aliphatic carbocycles. The highest BCUT2D eigenvalue weighted by atomic mass is 35.5. The van der Waals surface area contributed by atoms with Gasteiger partial charge in [0.1, 0.15) is 44.0 Å². The van der Waals surface area contributed by atoms with Gasteiger partial charge in [0.2, 0.25) is 5.79 Å². The topological polar surface area (TPSA) is 105 Å². The average molecular weight is 830 g/mol. The lowest BCUT2D eigenvalue weighted by Gasteiger charge is -2.38. The van der Waals surface area contributed by atoms with Crippen LogP contribution in [0.4, 0.5) is 5.69 Å². The van der Waals surface area contributed by atoms with Gasteiger partial charge < -0.3 is 24.0 Å². The number of piperazine rings is 1. The maximum Gasteiger partial charge on any atom is 0.350 e. The second-order valence-corrected chi connectivity index (χ2v) is 16.8. The summed E-state index contributed by atoms with van der Waals surface area (Å²) in [5.74, 6) is 0.223. The van der Waals surface area contributed by atoms with Gasteiger partial charge >= 0.3 is 5.69 Å². The Kier molecular flexibility index (Phi) is 12.7. The highest BCUT2D eigenvalue weighted by Gasteiger charge is 2.46. The number of allylic oxidation sites excluding steroid dienone is 4. The number of hydrogen-bond acceptors (Lipinski definition) is 9. The first-order valence-electron chi connectivity index (χ1n) is 20.9. The summed E-state index contributed by atoms with van der Waals surface area (Å²) in [6.45, 7) is 8.65. The number of aromatic nitrogens is 6. The van der Waals surface area contributed by atoms with Crippen molar-refractivity contribution >= 4 is 28.9 Å². The fraction of sp³-hybridized carbons (Fsp3) is 0.500. The smallest absolute Gasteiger partial charge is 0.350 e. The zero-order chi connectivity index (χ0) is 40.1. The predicted octanol–water partition coefficient (Wildman–Crippen LogP) is 8.47. The van der Waals surface area contributed by atoms with Crippen molar-refractivity contribution in [2.24, 2.45) is 5.92 Å². The van der Waals surface area contributed by atoms with Gasteiger partial charge in [-0.1, -0.05) is 68.0 Å². The van der Waals surface area contributed by atoms with Crippen LogP contribution >= 0.6 is 23.2 Å². The Morgan fingerprint density at radius 1 is 0.931 bits per heavy atom. The first kappa shape index (κ1) is 40.4. The number of anilines is 1.